The zero-order chi connectivity index (χ0) is 6.69. The van der Waals surface area contributed by atoms with Gasteiger partial charge in [-0.3, -0.25) is 0 Å². The highest BCUT2D eigenvalue weighted by molar-refractivity contribution is 6.30. The summed E-state index contributed by atoms with van der Waals surface area (Å²) in [5, 5.41) is 10.9. The molecule has 1 aromatic carbocycles. The van der Waals surface area contributed by atoms with Gasteiger partial charge in [0.25, 0.3) is 0 Å². The molecule has 0 unspecified atom stereocenters. The number of hydrogen-bond donors (Lipinski definition) is 0. The van der Waals surface area contributed by atoms with Crippen LogP contribution in [0.3, 0.4) is 0 Å². The average Bonchev–Trinajstić information content (AvgIpc) is 1.88. The molecule has 0 amide bonds. The van der Waals surface area contributed by atoms with Gasteiger partial charge < -0.3 is 0 Å². The van der Waals surface area contributed by atoms with Crippen molar-refractivity contribution in [1.29, 1.82) is 0 Å². The topological polar surface area (TPSA) is 19.9 Å². The molecule has 0 atom stereocenters. The third-order valence-corrected chi connectivity index (χ3v) is 1.29. The summed E-state index contributed by atoms with van der Waals surface area (Å²) in [4.78, 5) is 0. The van der Waals surface area contributed by atoms with Crippen LogP contribution in [0.4, 0.5) is 0 Å². The van der Waals surface area contributed by atoms with Crippen LogP contribution in [0.25, 0.3) is 0 Å². The van der Waals surface area contributed by atoms with Gasteiger partial charge in [-0.25, -0.2) is 5.11 Å². The Kier molecular flexibility index (Phi) is 2.09. The molecule has 0 aromatic heterocycles. The third-order valence-electron chi connectivity index (χ3n) is 1.06. The van der Waals surface area contributed by atoms with E-state index >= 15 is 0 Å². The van der Waals surface area contributed by atoms with Crippen LogP contribution in [0.1, 0.15) is 5.56 Å². The minimum absolute atomic E-state index is 0.194. The van der Waals surface area contributed by atoms with Crippen molar-refractivity contribution >= 4 is 11.6 Å². The van der Waals surface area contributed by atoms with Crippen molar-refractivity contribution in [2.45, 2.75) is 6.61 Å². The second-order valence-corrected chi connectivity index (χ2v) is 2.21. The molecule has 1 nitrogen and oxygen atoms in total. The summed E-state index contributed by atoms with van der Waals surface area (Å²) in [6.07, 6.45) is 0. The van der Waals surface area contributed by atoms with Gasteiger partial charge in [-0.2, -0.15) is 0 Å². The van der Waals surface area contributed by atoms with Gasteiger partial charge in [-0.15, -0.1) is 0 Å². The summed E-state index contributed by atoms with van der Waals surface area (Å²) in [6, 6.07) is 6.96. The summed E-state index contributed by atoms with van der Waals surface area (Å²) >= 11 is 5.58. The molecular weight excluding hydrogens is 136 g/mol. The molecule has 9 heavy (non-hydrogen) atoms. The number of benzene rings is 1. The van der Waals surface area contributed by atoms with E-state index in [9.17, 15) is 5.11 Å². The predicted molar refractivity (Wildman–Crippen MR) is 35.8 cm³/mol. The van der Waals surface area contributed by atoms with E-state index in [-0.39, 0.29) is 6.61 Å². The van der Waals surface area contributed by atoms with Gasteiger partial charge in [0.05, 0.1) is 0 Å². The molecular formula is C7H6ClO. The largest absolute Gasteiger partial charge is 0.232 e. The molecule has 0 saturated heterocycles. The van der Waals surface area contributed by atoms with Crippen molar-refractivity contribution in [2.24, 2.45) is 0 Å². The average molecular weight is 142 g/mol. The fourth-order valence-electron chi connectivity index (χ4n) is 0.627. The Morgan fingerprint density at radius 1 is 1.44 bits per heavy atom. The van der Waals surface area contributed by atoms with Crippen molar-refractivity contribution in [3.05, 3.63) is 34.9 Å². The molecule has 47 valence electrons. The van der Waals surface area contributed by atoms with Gasteiger partial charge in [0.1, 0.15) is 6.61 Å². The summed E-state index contributed by atoms with van der Waals surface area (Å²) in [6.45, 7) is -0.194. The van der Waals surface area contributed by atoms with E-state index in [1.807, 2.05) is 0 Å². The minimum Gasteiger partial charge on any atom is -0.232 e. The van der Waals surface area contributed by atoms with Crippen LogP contribution in [0.5, 0.6) is 0 Å². The smallest absolute Gasteiger partial charge is 0.107 e. The molecule has 1 rings (SSSR count). The van der Waals surface area contributed by atoms with E-state index in [1.165, 1.54) is 0 Å². The van der Waals surface area contributed by atoms with Gasteiger partial charge >= 0.3 is 0 Å². The zero-order valence-electron chi connectivity index (χ0n) is 4.80. The van der Waals surface area contributed by atoms with Crippen molar-refractivity contribution in [2.75, 3.05) is 0 Å². The lowest BCUT2D eigenvalue weighted by Crippen LogP contribution is -1.77. The molecule has 0 N–H and O–H groups in total. The van der Waals surface area contributed by atoms with E-state index in [4.69, 9.17) is 11.6 Å². The van der Waals surface area contributed by atoms with E-state index < -0.39 is 0 Å². The van der Waals surface area contributed by atoms with Crippen molar-refractivity contribution < 1.29 is 5.11 Å². The molecule has 2 heteroatoms. The predicted octanol–water partition coefficient (Wildman–Crippen LogP) is 2.27. The maximum Gasteiger partial charge on any atom is 0.107 e. The molecule has 0 heterocycles. The first-order valence-electron chi connectivity index (χ1n) is 2.65. The number of halogens is 1. The lowest BCUT2D eigenvalue weighted by Gasteiger charge is -1.91. The maximum absolute atomic E-state index is 10.2. The first-order chi connectivity index (χ1) is 4.33. The van der Waals surface area contributed by atoms with Crippen molar-refractivity contribution in [3.8, 4) is 0 Å². The highest BCUT2D eigenvalue weighted by Crippen LogP contribution is 2.09. The van der Waals surface area contributed by atoms with Gasteiger partial charge in [0, 0.05) is 5.02 Å². The summed E-state index contributed by atoms with van der Waals surface area (Å²) in [5.74, 6) is 0. The van der Waals surface area contributed by atoms with E-state index in [0.29, 0.717) is 5.02 Å². The molecule has 0 fully saturated rings. The highest BCUT2D eigenvalue weighted by atomic mass is 35.5. The molecule has 0 aliphatic carbocycles. The molecule has 0 saturated carbocycles. The maximum atomic E-state index is 10.2. The third kappa shape index (κ3) is 1.70. The monoisotopic (exact) mass is 141 g/mol. The van der Waals surface area contributed by atoms with E-state index in [0.717, 1.165) is 5.56 Å². The normalized spacial score (nSPS) is 9.56. The molecule has 0 aliphatic heterocycles. The minimum atomic E-state index is -0.194. The number of hydrogen-bond acceptors (Lipinski definition) is 0. The SMILES string of the molecule is [O]Cc1cccc(Cl)c1. The molecule has 1 aromatic rings. The lowest BCUT2D eigenvalue weighted by molar-refractivity contribution is 0.177. The Morgan fingerprint density at radius 3 is 2.67 bits per heavy atom. The van der Waals surface area contributed by atoms with Crippen LogP contribution in [0.2, 0.25) is 5.02 Å². The molecule has 1 radical (unpaired) electrons. The molecule has 0 bridgehead atoms. The van der Waals surface area contributed by atoms with Crippen LogP contribution in [-0.4, -0.2) is 0 Å². The van der Waals surface area contributed by atoms with Crippen molar-refractivity contribution in [1.82, 2.24) is 0 Å². The molecule has 0 spiro atoms. The quantitative estimate of drug-likeness (QED) is 0.572. The first kappa shape index (κ1) is 6.59. The Bertz CT molecular complexity index is 198. The highest BCUT2D eigenvalue weighted by Gasteiger charge is 1.89. The van der Waals surface area contributed by atoms with Crippen LogP contribution in [-0.2, 0) is 11.7 Å². The standard InChI is InChI=1S/C7H6ClO/c8-7-3-1-2-6(4-7)5-9/h1-4H,5H2. The Hall–Kier alpha value is -0.530. The van der Waals surface area contributed by atoms with Gasteiger partial charge in [-0.1, -0.05) is 23.7 Å². The van der Waals surface area contributed by atoms with E-state index in [1.54, 1.807) is 24.3 Å². The Labute approximate surface area is 58.9 Å². The second kappa shape index (κ2) is 2.85. The van der Waals surface area contributed by atoms with Crippen LogP contribution >= 0.6 is 11.6 Å². The summed E-state index contributed by atoms with van der Waals surface area (Å²) in [7, 11) is 0. The number of rotatable bonds is 1. The van der Waals surface area contributed by atoms with E-state index in [2.05, 4.69) is 0 Å². The Morgan fingerprint density at radius 2 is 2.22 bits per heavy atom. The first-order valence-corrected chi connectivity index (χ1v) is 3.03. The molecule has 0 aliphatic rings. The van der Waals surface area contributed by atoms with Crippen LogP contribution in [0, 0.1) is 0 Å². The van der Waals surface area contributed by atoms with Gasteiger partial charge in [0.15, 0.2) is 0 Å². The summed E-state index contributed by atoms with van der Waals surface area (Å²) < 4.78 is 0. The van der Waals surface area contributed by atoms with Crippen LogP contribution in [0.15, 0.2) is 24.3 Å². The van der Waals surface area contributed by atoms with Crippen molar-refractivity contribution in [3.63, 3.8) is 0 Å². The van der Waals surface area contributed by atoms with Crippen LogP contribution < -0.4 is 0 Å². The van der Waals surface area contributed by atoms with Gasteiger partial charge in [0.2, 0.25) is 0 Å². The zero-order valence-corrected chi connectivity index (χ0v) is 5.56. The fourth-order valence-corrected chi connectivity index (χ4v) is 0.840. The lowest BCUT2D eigenvalue weighted by atomic mass is 10.2. The summed E-state index contributed by atoms with van der Waals surface area (Å²) in [5.41, 5.74) is 0.738. The van der Waals surface area contributed by atoms with Gasteiger partial charge in [-0.05, 0) is 17.7 Å². The second-order valence-electron chi connectivity index (χ2n) is 1.77. The Balaban J connectivity index is 2.94. The fraction of sp³-hybridized carbons (Fsp3) is 0.143.